The van der Waals surface area contributed by atoms with Crippen molar-refractivity contribution in [1.29, 1.82) is 0 Å². The van der Waals surface area contributed by atoms with Gasteiger partial charge in [-0.05, 0) is 22.0 Å². The lowest BCUT2D eigenvalue weighted by atomic mass is 10.4. The predicted molar refractivity (Wildman–Crippen MR) is 63.5 cm³/mol. The molecule has 17 heavy (non-hydrogen) atoms. The highest BCUT2D eigenvalue weighted by atomic mass is 79.9. The fourth-order valence-corrected chi connectivity index (χ4v) is 2.95. The van der Waals surface area contributed by atoms with Crippen molar-refractivity contribution in [2.75, 3.05) is 0 Å². The first kappa shape index (κ1) is 10.8. The molecule has 0 unspecified atom stereocenters. The summed E-state index contributed by atoms with van der Waals surface area (Å²) in [6, 6.07) is 1.33. The molecule has 2 atom stereocenters. The van der Waals surface area contributed by atoms with Gasteiger partial charge in [0.1, 0.15) is 5.92 Å². The van der Waals surface area contributed by atoms with E-state index in [1.54, 1.807) is 0 Å². The van der Waals surface area contributed by atoms with E-state index in [-0.39, 0.29) is 10.8 Å². The van der Waals surface area contributed by atoms with E-state index in [2.05, 4.69) is 26.1 Å². The van der Waals surface area contributed by atoms with E-state index in [0.29, 0.717) is 18.1 Å². The summed E-state index contributed by atoms with van der Waals surface area (Å²) in [5, 5.41) is 16.3. The highest BCUT2D eigenvalue weighted by Crippen LogP contribution is 2.42. The molecular weight excluding hydrogens is 310 g/mol. The quantitative estimate of drug-likeness (QED) is 0.642. The highest BCUT2D eigenvalue weighted by Gasteiger charge is 2.53. The van der Waals surface area contributed by atoms with E-state index in [4.69, 9.17) is 4.52 Å². The Morgan fingerprint density at radius 1 is 1.65 bits per heavy atom. The molecule has 2 heterocycles. The SMILES string of the molecule is O=[N+]([O-])[C@H]1C[C@@H]1c1nc(-c2cc(Br)cs2)no1. The Balaban J connectivity index is 1.82. The number of nitro groups is 1. The summed E-state index contributed by atoms with van der Waals surface area (Å²) in [5.74, 6) is 0.644. The Bertz CT molecular complexity index is 582. The van der Waals surface area contributed by atoms with E-state index >= 15 is 0 Å². The van der Waals surface area contributed by atoms with Gasteiger partial charge in [0.2, 0.25) is 17.8 Å². The summed E-state index contributed by atoms with van der Waals surface area (Å²) in [6.45, 7) is 0. The number of hydrogen-bond donors (Lipinski definition) is 0. The first-order valence-electron chi connectivity index (χ1n) is 4.86. The zero-order chi connectivity index (χ0) is 12.0. The van der Waals surface area contributed by atoms with Gasteiger partial charge in [-0.15, -0.1) is 11.3 Å². The van der Waals surface area contributed by atoms with Crippen LogP contribution in [0.4, 0.5) is 0 Å². The average Bonchev–Trinajstić information content (AvgIpc) is 2.74. The van der Waals surface area contributed by atoms with Crippen LogP contribution in [-0.2, 0) is 0 Å². The molecule has 1 saturated carbocycles. The van der Waals surface area contributed by atoms with Crippen LogP contribution in [0.25, 0.3) is 10.7 Å². The average molecular weight is 316 g/mol. The van der Waals surface area contributed by atoms with E-state index in [1.807, 2.05) is 11.4 Å². The molecule has 0 N–H and O–H groups in total. The smallest absolute Gasteiger partial charge is 0.237 e. The summed E-state index contributed by atoms with van der Waals surface area (Å²) in [4.78, 5) is 15.3. The third kappa shape index (κ3) is 1.98. The number of thiophene rings is 1. The van der Waals surface area contributed by atoms with E-state index in [9.17, 15) is 10.1 Å². The van der Waals surface area contributed by atoms with Gasteiger partial charge in [-0.25, -0.2) is 0 Å². The Labute approximate surface area is 108 Å². The molecule has 1 aliphatic carbocycles. The highest BCUT2D eigenvalue weighted by molar-refractivity contribution is 9.10. The number of rotatable bonds is 3. The van der Waals surface area contributed by atoms with E-state index < -0.39 is 6.04 Å². The van der Waals surface area contributed by atoms with Crippen LogP contribution < -0.4 is 0 Å². The third-order valence-corrected chi connectivity index (χ3v) is 4.26. The third-order valence-electron chi connectivity index (χ3n) is 2.57. The molecule has 0 spiro atoms. The molecule has 1 aliphatic rings. The van der Waals surface area contributed by atoms with Gasteiger partial charge >= 0.3 is 0 Å². The maximum absolute atomic E-state index is 10.5. The Kier molecular flexibility index (Phi) is 2.48. The molecular formula is C9H6BrN3O3S. The van der Waals surface area contributed by atoms with Crippen molar-refractivity contribution in [3.8, 4) is 10.7 Å². The van der Waals surface area contributed by atoms with Gasteiger partial charge < -0.3 is 4.52 Å². The second-order valence-electron chi connectivity index (χ2n) is 3.78. The summed E-state index contributed by atoms with van der Waals surface area (Å²) >= 11 is 4.83. The molecule has 0 bridgehead atoms. The summed E-state index contributed by atoms with van der Waals surface area (Å²) in [5.41, 5.74) is 0. The van der Waals surface area contributed by atoms with Crippen LogP contribution in [0.15, 0.2) is 20.4 Å². The van der Waals surface area contributed by atoms with Crippen LogP contribution in [0, 0.1) is 10.1 Å². The lowest BCUT2D eigenvalue weighted by Gasteiger charge is -1.85. The predicted octanol–water partition coefficient (Wildman–Crippen LogP) is 2.69. The molecule has 88 valence electrons. The molecule has 1 fully saturated rings. The molecule has 0 amide bonds. The molecule has 2 aromatic heterocycles. The van der Waals surface area contributed by atoms with Gasteiger partial charge in [-0.1, -0.05) is 5.16 Å². The largest absolute Gasteiger partial charge is 0.338 e. The lowest BCUT2D eigenvalue weighted by molar-refractivity contribution is -0.496. The molecule has 3 rings (SSSR count). The molecule has 0 radical (unpaired) electrons. The maximum Gasteiger partial charge on any atom is 0.237 e. The summed E-state index contributed by atoms with van der Waals surface area (Å²) in [7, 11) is 0. The minimum Gasteiger partial charge on any atom is -0.338 e. The summed E-state index contributed by atoms with van der Waals surface area (Å²) in [6.07, 6.45) is 0.489. The Morgan fingerprint density at radius 2 is 2.47 bits per heavy atom. The number of halogens is 1. The molecule has 0 aliphatic heterocycles. The van der Waals surface area contributed by atoms with Crippen molar-refractivity contribution in [2.24, 2.45) is 0 Å². The van der Waals surface area contributed by atoms with Crippen molar-refractivity contribution < 1.29 is 9.45 Å². The fourth-order valence-electron chi connectivity index (χ4n) is 1.60. The first-order valence-corrected chi connectivity index (χ1v) is 6.54. The van der Waals surface area contributed by atoms with Crippen molar-refractivity contribution in [2.45, 2.75) is 18.4 Å². The van der Waals surface area contributed by atoms with Gasteiger partial charge in [-0.2, -0.15) is 4.98 Å². The number of aromatic nitrogens is 2. The standard InChI is InChI=1S/C9H6BrN3O3S/c10-4-1-7(17-3-4)8-11-9(16-12-8)5-2-6(5)13(14)15/h1,3,5-6H,2H2/t5-,6-/m0/s1. The minimum absolute atomic E-state index is 0.213. The molecule has 6 nitrogen and oxygen atoms in total. The van der Waals surface area contributed by atoms with E-state index in [0.717, 1.165) is 9.35 Å². The second kappa shape index (κ2) is 3.88. The van der Waals surface area contributed by atoms with Crippen molar-refractivity contribution >= 4 is 27.3 Å². The van der Waals surface area contributed by atoms with E-state index in [1.165, 1.54) is 11.3 Å². The van der Waals surface area contributed by atoms with Crippen LogP contribution in [0.5, 0.6) is 0 Å². The molecule has 0 aromatic carbocycles. The topological polar surface area (TPSA) is 82.1 Å². The minimum atomic E-state index is -0.557. The van der Waals surface area contributed by atoms with Crippen LogP contribution in [0.2, 0.25) is 0 Å². The van der Waals surface area contributed by atoms with Gasteiger partial charge in [-0.3, -0.25) is 10.1 Å². The van der Waals surface area contributed by atoms with Crippen LogP contribution in [0.1, 0.15) is 18.2 Å². The van der Waals surface area contributed by atoms with Crippen LogP contribution >= 0.6 is 27.3 Å². The monoisotopic (exact) mass is 315 g/mol. The maximum atomic E-state index is 10.5. The zero-order valence-corrected chi connectivity index (χ0v) is 10.8. The molecule has 2 aromatic rings. The van der Waals surface area contributed by atoms with Crippen LogP contribution in [0.3, 0.4) is 0 Å². The Hall–Kier alpha value is -1.28. The van der Waals surface area contributed by atoms with Crippen molar-refractivity contribution in [3.05, 3.63) is 31.9 Å². The van der Waals surface area contributed by atoms with Gasteiger partial charge in [0, 0.05) is 21.2 Å². The van der Waals surface area contributed by atoms with Gasteiger partial charge in [0.25, 0.3) is 0 Å². The van der Waals surface area contributed by atoms with Crippen molar-refractivity contribution in [1.82, 2.24) is 10.1 Å². The second-order valence-corrected chi connectivity index (χ2v) is 5.61. The fraction of sp³-hybridized carbons (Fsp3) is 0.333. The summed E-state index contributed by atoms with van der Waals surface area (Å²) < 4.78 is 6.02. The molecule has 0 saturated heterocycles. The normalized spacial score (nSPS) is 22.6. The molecule has 8 heteroatoms. The lowest BCUT2D eigenvalue weighted by Crippen LogP contribution is -2.02. The number of nitrogens with zero attached hydrogens (tertiary/aromatic N) is 3. The Morgan fingerprint density at radius 3 is 3.06 bits per heavy atom. The first-order chi connectivity index (χ1) is 8.15. The number of hydrogen-bond acceptors (Lipinski definition) is 6. The zero-order valence-electron chi connectivity index (χ0n) is 8.37. The van der Waals surface area contributed by atoms with Gasteiger partial charge in [0.15, 0.2) is 0 Å². The van der Waals surface area contributed by atoms with Gasteiger partial charge in [0.05, 0.1) is 4.88 Å². The van der Waals surface area contributed by atoms with Crippen molar-refractivity contribution in [3.63, 3.8) is 0 Å². The van der Waals surface area contributed by atoms with Crippen LogP contribution in [-0.4, -0.2) is 21.1 Å².